The molecule has 3 aromatic carbocycles. The van der Waals surface area contributed by atoms with Gasteiger partial charge in [0.15, 0.2) is 0 Å². The Bertz CT molecular complexity index is 1120. The molecule has 0 fully saturated rings. The molecule has 0 spiro atoms. The van der Waals surface area contributed by atoms with E-state index in [4.69, 9.17) is 16.3 Å². The Morgan fingerprint density at radius 2 is 1.83 bits per heavy atom. The van der Waals surface area contributed by atoms with Crippen molar-refractivity contribution in [2.75, 3.05) is 5.32 Å². The van der Waals surface area contributed by atoms with Gasteiger partial charge in [-0.15, -0.1) is 0 Å². The summed E-state index contributed by atoms with van der Waals surface area (Å²) in [7, 11) is 0. The van der Waals surface area contributed by atoms with Gasteiger partial charge in [-0.3, -0.25) is 4.79 Å². The lowest BCUT2D eigenvalue weighted by atomic mass is 10.1. The number of ether oxygens (including phenoxy) is 1. The van der Waals surface area contributed by atoms with Gasteiger partial charge in [-0.25, -0.2) is 4.39 Å². The third-order valence-electron chi connectivity index (χ3n) is 4.04. The standard InChI is InChI=1S/C23H15BrClFN2O2/c24-18-4-1-15(2-5-18)14-30-22-10-3-16(12-21(22)25)11-17(13-27)23(29)28-20-8-6-19(26)7-9-20/h1-12H,14H2,(H,28,29)/b17-11+. The predicted octanol–water partition coefficient (Wildman–Crippen LogP) is 6.37. The topological polar surface area (TPSA) is 62.1 Å². The summed E-state index contributed by atoms with van der Waals surface area (Å²) in [5.41, 5.74) is 1.83. The number of hydrogen-bond donors (Lipinski definition) is 1. The molecule has 0 aliphatic carbocycles. The van der Waals surface area contributed by atoms with Crippen LogP contribution in [-0.4, -0.2) is 5.91 Å². The minimum Gasteiger partial charge on any atom is -0.487 e. The molecule has 1 N–H and O–H groups in total. The minimum atomic E-state index is -0.601. The third-order valence-corrected chi connectivity index (χ3v) is 4.87. The summed E-state index contributed by atoms with van der Waals surface area (Å²) in [6, 6.07) is 19.9. The van der Waals surface area contributed by atoms with E-state index >= 15 is 0 Å². The van der Waals surface area contributed by atoms with Crippen molar-refractivity contribution in [3.8, 4) is 11.8 Å². The Morgan fingerprint density at radius 1 is 1.13 bits per heavy atom. The van der Waals surface area contributed by atoms with Crippen LogP contribution in [0, 0.1) is 17.1 Å². The van der Waals surface area contributed by atoms with E-state index in [9.17, 15) is 14.4 Å². The summed E-state index contributed by atoms with van der Waals surface area (Å²) in [6.45, 7) is 0.353. The van der Waals surface area contributed by atoms with Gasteiger partial charge in [-0.2, -0.15) is 5.26 Å². The first-order valence-corrected chi connectivity index (χ1v) is 9.97. The SMILES string of the molecule is N#C/C(=C\c1ccc(OCc2ccc(Br)cc2)c(Cl)c1)C(=O)Nc1ccc(F)cc1. The van der Waals surface area contributed by atoms with E-state index in [1.165, 1.54) is 30.3 Å². The molecule has 7 heteroatoms. The average molecular weight is 486 g/mol. The number of amides is 1. The fraction of sp³-hybridized carbons (Fsp3) is 0.0435. The smallest absolute Gasteiger partial charge is 0.266 e. The molecule has 0 bridgehead atoms. The second-order valence-electron chi connectivity index (χ2n) is 6.24. The van der Waals surface area contributed by atoms with E-state index in [1.807, 2.05) is 30.3 Å². The molecule has 1 amide bonds. The summed E-state index contributed by atoms with van der Waals surface area (Å²) in [4.78, 5) is 12.3. The zero-order chi connectivity index (χ0) is 21.5. The van der Waals surface area contributed by atoms with Crippen LogP contribution in [0.15, 0.2) is 76.8 Å². The number of hydrogen-bond acceptors (Lipinski definition) is 3. The van der Waals surface area contributed by atoms with Crippen molar-refractivity contribution in [2.24, 2.45) is 0 Å². The van der Waals surface area contributed by atoms with Crippen LogP contribution in [0.2, 0.25) is 5.02 Å². The van der Waals surface area contributed by atoms with E-state index in [1.54, 1.807) is 18.2 Å². The van der Waals surface area contributed by atoms with Gasteiger partial charge < -0.3 is 10.1 Å². The molecule has 0 saturated heterocycles. The van der Waals surface area contributed by atoms with Gasteiger partial charge in [-0.1, -0.05) is 45.7 Å². The Labute approximate surface area is 186 Å². The molecule has 0 saturated carbocycles. The van der Waals surface area contributed by atoms with Crippen LogP contribution in [-0.2, 0) is 11.4 Å². The summed E-state index contributed by atoms with van der Waals surface area (Å²) in [5, 5.41) is 12.2. The van der Waals surface area contributed by atoms with E-state index < -0.39 is 11.7 Å². The van der Waals surface area contributed by atoms with Crippen LogP contribution in [0.25, 0.3) is 6.08 Å². The molecule has 0 heterocycles. The maximum Gasteiger partial charge on any atom is 0.266 e. The number of benzene rings is 3. The minimum absolute atomic E-state index is 0.112. The number of nitriles is 1. The normalized spacial score (nSPS) is 10.9. The molecule has 0 radical (unpaired) electrons. The Hall–Kier alpha value is -3.14. The second kappa shape index (κ2) is 10.1. The first kappa shape index (κ1) is 21.6. The zero-order valence-electron chi connectivity index (χ0n) is 15.5. The van der Waals surface area contributed by atoms with Gasteiger partial charge in [0.1, 0.15) is 29.8 Å². The number of carbonyl (C=O) groups excluding carboxylic acids is 1. The number of nitrogens with zero attached hydrogens (tertiary/aromatic N) is 1. The van der Waals surface area contributed by atoms with Gasteiger partial charge in [0.25, 0.3) is 5.91 Å². The maximum atomic E-state index is 13.0. The number of halogens is 3. The van der Waals surface area contributed by atoms with Crippen molar-refractivity contribution < 1.29 is 13.9 Å². The largest absolute Gasteiger partial charge is 0.487 e. The van der Waals surface area contributed by atoms with E-state index in [-0.39, 0.29) is 5.57 Å². The molecule has 3 rings (SSSR count). The van der Waals surface area contributed by atoms with Gasteiger partial charge in [-0.05, 0) is 65.7 Å². The highest BCUT2D eigenvalue weighted by Gasteiger charge is 2.11. The van der Waals surface area contributed by atoms with Crippen molar-refractivity contribution >= 4 is 45.2 Å². The molecule has 0 aliphatic heterocycles. The highest BCUT2D eigenvalue weighted by molar-refractivity contribution is 9.10. The van der Waals surface area contributed by atoms with Crippen LogP contribution in [0.4, 0.5) is 10.1 Å². The quantitative estimate of drug-likeness (QED) is 0.326. The highest BCUT2D eigenvalue weighted by atomic mass is 79.9. The summed E-state index contributed by atoms with van der Waals surface area (Å²) < 4.78 is 19.7. The predicted molar refractivity (Wildman–Crippen MR) is 119 cm³/mol. The number of anilines is 1. The molecule has 3 aromatic rings. The zero-order valence-corrected chi connectivity index (χ0v) is 17.9. The fourth-order valence-corrected chi connectivity index (χ4v) is 3.02. The van der Waals surface area contributed by atoms with Crippen molar-refractivity contribution in [2.45, 2.75) is 6.61 Å². The van der Waals surface area contributed by atoms with Gasteiger partial charge >= 0.3 is 0 Å². The van der Waals surface area contributed by atoms with Gasteiger partial charge in [0.2, 0.25) is 0 Å². The number of nitrogens with one attached hydrogen (secondary N) is 1. The first-order valence-electron chi connectivity index (χ1n) is 8.80. The monoisotopic (exact) mass is 484 g/mol. The van der Waals surface area contributed by atoms with Crippen LogP contribution < -0.4 is 10.1 Å². The molecule has 30 heavy (non-hydrogen) atoms. The molecule has 0 atom stereocenters. The highest BCUT2D eigenvalue weighted by Crippen LogP contribution is 2.27. The lowest BCUT2D eigenvalue weighted by Crippen LogP contribution is -2.13. The molecule has 0 unspecified atom stereocenters. The van der Waals surface area contributed by atoms with Crippen molar-refractivity contribution in [1.82, 2.24) is 0 Å². The molecular formula is C23H15BrClFN2O2. The summed E-state index contributed by atoms with van der Waals surface area (Å²) in [5.74, 6) is -0.525. The Morgan fingerprint density at radius 3 is 2.47 bits per heavy atom. The van der Waals surface area contributed by atoms with E-state index in [0.29, 0.717) is 28.6 Å². The lowest BCUT2D eigenvalue weighted by Gasteiger charge is -2.09. The summed E-state index contributed by atoms with van der Waals surface area (Å²) >= 11 is 9.67. The molecule has 0 aromatic heterocycles. The van der Waals surface area contributed by atoms with Crippen LogP contribution in [0.1, 0.15) is 11.1 Å². The van der Waals surface area contributed by atoms with Gasteiger partial charge in [0, 0.05) is 10.2 Å². The molecule has 150 valence electrons. The Balaban J connectivity index is 1.69. The molecule has 4 nitrogen and oxygen atoms in total. The van der Waals surface area contributed by atoms with Crippen LogP contribution >= 0.6 is 27.5 Å². The molecule has 0 aliphatic rings. The van der Waals surface area contributed by atoms with E-state index in [0.717, 1.165) is 10.0 Å². The number of carbonyl (C=O) groups is 1. The first-order chi connectivity index (χ1) is 14.4. The fourth-order valence-electron chi connectivity index (χ4n) is 2.51. The van der Waals surface area contributed by atoms with Crippen molar-refractivity contribution in [3.63, 3.8) is 0 Å². The molecular weight excluding hydrogens is 471 g/mol. The third kappa shape index (κ3) is 5.93. The lowest BCUT2D eigenvalue weighted by molar-refractivity contribution is -0.112. The Kier molecular flexibility index (Phi) is 7.23. The van der Waals surface area contributed by atoms with E-state index in [2.05, 4.69) is 21.2 Å². The maximum absolute atomic E-state index is 13.0. The van der Waals surface area contributed by atoms with Crippen LogP contribution in [0.3, 0.4) is 0 Å². The second-order valence-corrected chi connectivity index (χ2v) is 7.56. The van der Waals surface area contributed by atoms with Crippen molar-refractivity contribution in [1.29, 1.82) is 5.26 Å². The summed E-state index contributed by atoms with van der Waals surface area (Å²) in [6.07, 6.45) is 1.42. The number of rotatable bonds is 6. The van der Waals surface area contributed by atoms with Crippen LogP contribution in [0.5, 0.6) is 5.75 Å². The average Bonchev–Trinajstić information content (AvgIpc) is 2.74. The van der Waals surface area contributed by atoms with Crippen molar-refractivity contribution in [3.05, 3.63) is 98.7 Å². The van der Waals surface area contributed by atoms with Gasteiger partial charge in [0.05, 0.1) is 5.02 Å².